The van der Waals surface area contributed by atoms with E-state index in [1.54, 1.807) is 38.5 Å². The fraction of sp³-hybridized carbons (Fsp3) is 0.375. The van der Waals surface area contributed by atoms with Crippen molar-refractivity contribution >= 4 is 38.6 Å². The molecular weight excluding hydrogens is 456 g/mol. The Balaban J connectivity index is 1.92. The maximum atomic E-state index is 12.8. The van der Waals surface area contributed by atoms with Gasteiger partial charge >= 0.3 is 0 Å². The molecule has 0 atom stereocenters. The number of allylic oxidation sites excluding steroid dienone is 1. The molecule has 1 heterocycles. The summed E-state index contributed by atoms with van der Waals surface area (Å²) in [6, 6.07) is 10.7. The Hall–Kier alpha value is -3.24. The number of hydrogen-bond donors (Lipinski definition) is 2. The SMILES string of the molecule is CC/C(Nc1ccc(N(CCN(C)C)S(C)(=O)=O)cc1)=C1/C(=O)Nc2cc(OC)c(OC)cc21. The second-order valence-corrected chi connectivity index (χ2v) is 10.1. The van der Waals surface area contributed by atoms with Gasteiger partial charge in [0.1, 0.15) is 0 Å². The second kappa shape index (κ2) is 10.4. The lowest BCUT2D eigenvalue weighted by Gasteiger charge is -2.24. The number of rotatable bonds is 10. The van der Waals surface area contributed by atoms with E-state index in [2.05, 4.69) is 10.6 Å². The summed E-state index contributed by atoms with van der Waals surface area (Å²) in [6.45, 7) is 2.91. The lowest BCUT2D eigenvalue weighted by molar-refractivity contribution is -0.110. The van der Waals surface area contributed by atoms with E-state index in [0.29, 0.717) is 48.0 Å². The molecule has 1 amide bonds. The molecule has 0 spiro atoms. The second-order valence-electron chi connectivity index (χ2n) is 8.22. The molecule has 0 fully saturated rings. The number of amides is 1. The molecule has 2 N–H and O–H groups in total. The van der Waals surface area contributed by atoms with Gasteiger partial charge in [-0.2, -0.15) is 0 Å². The van der Waals surface area contributed by atoms with Crippen LogP contribution in [0.5, 0.6) is 11.5 Å². The molecule has 3 rings (SSSR count). The third-order valence-electron chi connectivity index (χ3n) is 5.52. The fourth-order valence-corrected chi connectivity index (χ4v) is 4.70. The van der Waals surface area contributed by atoms with Gasteiger partial charge in [-0.15, -0.1) is 0 Å². The molecule has 0 aliphatic carbocycles. The predicted molar refractivity (Wildman–Crippen MR) is 136 cm³/mol. The molecule has 0 radical (unpaired) electrons. The Bertz CT molecular complexity index is 1190. The van der Waals surface area contributed by atoms with E-state index in [-0.39, 0.29) is 5.91 Å². The lowest BCUT2D eigenvalue weighted by atomic mass is 10.0. The smallest absolute Gasteiger partial charge is 0.258 e. The Labute approximate surface area is 201 Å². The number of hydrogen-bond acceptors (Lipinski definition) is 7. The first-order valence-electron chi connectivity index (χ1n) is 10.9. The fourth-order valence-electron chi connectivity index (χ4n) is 3.79. The Kier molecular flexibility index (Phi) is 7.73. The highest BCUT2D eigenvalue weighted by atomic mass is 32.2. The van der Waals surface area contributed by atoms with Gasteiger partial charge < -0.3 is 25.0 Å². The zero-order valence-electron chi connectivity index (χ0n) is 20.4. The van der Waals surface area contributed by atoms with Gasteiger partial charge in [0.05, 0.1) is 37.4 Å². The molecule has 0 bridgehead atoms. The first-order chi connectivity index (χ1) is 16.1. The number of benzene rings is 2. The van der Waals surface area contributed by atoms with Gasteiger partial charge in [0, 0.05) is 36.1 Å². The summed E-state index contributed by atoms with van der Waals surface area (Å²) in [5.41, 5.74) is 3.99. The van der Waals surface area contributed by atoms with Crippen molar-refractivity contribution in [1.82, 2.24) is 4.90 Å². The van der Waals surface area contributed by atoms with Crippen LogP contribution in [-0.2, 0) is 14.8 Å². The van der Waals surface area contributed by atoms with Crippen LogP contribution in [0.4, 0.5) is 17.1 Å². The van der Waals surface area contributed by atoms with Crippen LogP contribution in [0, 0.1) is 0 Å². The maximum Gasteiger partial charge on any atom is 0.258 e. The summed E-state index contributed by atoms with van der Waals surface area (Å²) in [7, 11) is 3.48. The number of ether oxygens (including phenoxy) is 2. The highest BCUT2D eigenvalue weighted by Gasteiger charge is 2.29. The normalized spacial score (nSPS) is 14.5. The first-order valence-corrected chi connectivity index (χ1v) is 12.7. The Morgan fingerprint density at radius 3 is 2.18 bits per heavy atom. The summed E-state index contributed by atoms with van der Waals surface area (Å²) >= 11 is 0. The van der Waals surface area contributed by atoms with Gasteiger partial charge in [0.2, 0.25) is 10.0 Å². The number of likely N-dealkylation sites (N-methyl/N-ethyl adjacent to an activating group) is 1. The number of carbonyl (C=O) groups is 1. The Morgan fingerprint density at radius 1 is 1.03 bits per heavy atom. The molecule has 0 unspecified atom stereocenters. The number of methoxy groups -OCH3 is 2. The molecule has 2 aromatic carbocycles. The standard InChI is InChI=1S/C24H32N4O5S/c1-7-19(23-18-14-21(32-4)22(33-5)15-20(18)26-24(23)29)25-16-8-10-17(11-9-16)28(34(6,30)31)13-12-27(2)3/h8-11,14-15,25H,7,12-13H2,1-6H3,(H,26,29)/b23-19-. The minimum absolute atomic E-state index is 0.210. The van der Waals surface area contributed by atoms with E-state index in [1.807, 2.05) is 38.1 Å². The summed E-state index contributed by atoms with van der Waals surface area (Å²) in [6.07, 6.45) is 1.78. The number of sulfonamides is 1. The number of anilines is 3. The van der Waals surface area contributed by atoms with E-state index in [0.717, 1.165) is 16.9 Å². The number of fused-ring (bicyclic) bond motifs is 1. The van der Waals surface area contributed by atoms with Crippen LogP contribution in [0.1, 0.15) is 18.9 Å². The third kappa shape index (κ3) is 5.45. The molecule has 0 saturated carbocycles. The zero-order chi connectivity index (χ0) is 25.0. The predicted octanol–water partition coefficient (Wildman–Crippen LogP) is 3.22. The number of carbonyl (C=O) groups excluding carboxylic acids is 1. The van der Waals surface area contributed by atoms with Crippen LogP contribution in [0.15, 0.2) is 42.1 Å². The van der Waals surface area contributed by atoms with E-state index in [9.17, 15) is 13.2 Å². The van der Waals surface area contributed by atoms with Crippen LogP contribution in [0.3, 0.4) is 0 Å². The average Bonchev–Trinajstić information content (AvgIpc) is 3.10. The van der Waals surface area contributed by atoms with Crippen molar-refractivity contribution < 1.29 is 22.7 Å². The molecule has 1 aliphatic heterocycles. The van der Waals surface area contributed by atoms with Crippen molar-refractivity contribution in [2.75, 3.05) is 62.6 Å². The monoisotopic (exact) mass is 488 g/mol. The van der Waals surface area contributed by atoms with Gasteiger partial charge in [0.25, 0.3) is 5.91 Å². The molecular formula is C24H32N4O5S. The van der Waals surface area contributed by atoms with Crippen molar-refractivity contribution in [2.45, 2.75) is 13.3 Å². The molecule has 184 valence electrons. The van der Waals surface area contributed by atoms with Gasteiger partial charge in [-0.3, -0.25) is 9.10 Å². The highest BCUT2D eigenvalue weighted by molar-refractivity contribution is 7.92. The summed E-state index contributed by atoms with van der Waals surface area (Å²) in [5.74, 6) is 0.862. The van der Waals surface area contributed by atoms with Crippen LogP contribution in [0.25, 0.3) is 5.57 Å². The van der Waals surface area contributed by atoms with E-state index >= 15 is 0 Å². The van der Waals surface area contributed by atoms with Gasteiger partial charge in [0.15, 0.2) is 11.5 Å². The van der Waals surface area contributed by atoms with E-state index in [4.69, 9.17) is 9.47 Å². The van der Waals surface area contributed by atoms with Crippen molar-refractivity contribution in [1.29, 1.82) is 0 Å². The molecule has 1 aliphatic rings. The van der Waals surface area contributed by atoms with Gasteiger partial charge in [-0.05, 0) is 50.8 Å². The van der Waals surface area contributed by atoms with Crippen molar-refractivity contribution in [2.24, 2.45) is 0 Å². The zero-order valence-corrected chi connectivity index (χ0v) is 21.2. The summed E-state index contributed by atoms with van der Waals surface area (Å²) in [5, 5.41) is 6.22. The first kappa shape index (κ1) is 25.4. The number of nitrogens with one attached hydrogen (secondary N) is 2. The van der Waals surface area contributed by atoms with Crippen LogP contribution >= 0.6 is 0 Å². The summed E-state index contributed by atoms with van der Waals surface area (Å²) in [4.78, 5) is 14.8. The minimum atomic E-state index is -3.42. The number of nitrogens with zero attached hydrogens (tertiary/aromatic N) is 2. The van der Waals surface area contributed by atoms with Crippen molar-refractivity contribution in [3.05, 3.63) is 47.7 Å². The van der Waals surface area contributed by atoms with Gasteiger partial charge in [-0.1, -0.05) is 6.92 Å². The average molecular weight is 489 g/mol. The molecule has 10 heteroatoms. The largest absolute Gasteiger partial charge is 0.493 e. The van der Waals surface area contributed by atoms with Crippen LogP contribution < -0.4 is 24.4 Å². The van der Waals surface area contributed by atoms with E-state index < -0.39 is 10.0 Å². The third-order valence-corrected chi connectivity index (χ3v) is 6.72. The van der Waals surface area contributed by atoms with E-state index in [1.165, 1.54) is 10.6 Å². The van der Waals surface area contributed by atoms with Crippen LogP contribution in [0.2, 0.25) is 0 Å². The van der Waals surface area contributed by atoms with Crippen molar-refractivity contribution in [3.8, 4) is 11.5 Å². The molecule has 2 aromatic rings. The molecule has 0 aromatic heterocycles. The highest BCUT2D eigenvalue weighted by Crippen LogP contribution is 2.42. The molecule has 9 nitrogen and oxygen atoms in total. The van der Waals surface area contributed by atoms with Gasteiger partial charge in [-0.25, -0.2) is 8.42 Å². The molecule has 0 saturated heterocycles. The maximum absolute atomic E-state index is 12.8. The quantitative estimate of drug-likeness (QED) is 0.495. The topological polar surface area (TPSA) is 100 Å². The summed E-state index contributed by atoms with van der Waals surface area (Å²) < 4.78 is 36.7. The molecule has 34 heavy (non-hydrogen) atoms. The lowest BCUT2D eigenvalue weighted by Crippen LogP contribution is -2.35. The van der Waals surface area contributed by atoms with Crippen LogP contribution in [-0.4, -0.2) is 66.9 Å². The minimum Gasteiger partial charge on any atom is -0.493 e. The van der Waals surface area contributed by atoms with Crippen molar-refractivity contribution in [3.63, 3.8) is 0 Å². The Morgan fingerprint density at radius 2 is 1.65 bits per heavy atom.